The highest BCUT2D eigenvalue weighted by Gasteiger charge is 2.28. The molecule has 1 rings (SSSR count). The summed E-state index contributed by atoms with van der Waals surface area (Å²) in [7, 11) is 0. The number of hydrogen-bond acceptors (Lipinski definition) is 3. The van der Waals surface area contributed by atoms with Gasteiger partial charge < -0.3 is 9.84 Å². The van der Waals surface area contributed by atoms with Crippen LogP contribution in [0.3, 0.4) is 0 Å². The van der Waals surface area contributed by atoms with Gasteiger partial charge in [0.15, 0.2) is 6.10 Å². The van der Waals surface area contributed by atoms with Gasteiger partial charge in [-0.3, -0.25) is 0 Å². The van der Waals surface area contributed by atoms with Crippen LogP contribution in [0.2, 0.25) is 0 Å². The average Bonchev–Trinajstić information content (AvgIpc) is 2.46. The highest BCUT2D eigenvalue weighted by atomic mass is 16.5. The molecule has 3 nitrogen and oxygen atoms in total. The minimum atomic E-state index is -0.889. The zero-order valence-corrected chi connectivity index (χ0v) is 12.4. The van der Waals surface area contributed by atoms with E-state index in [2.05, 4.69) is 6.92 Å². The molecule has 112 valence electrons. The average molecular weight is 270 g/mol. The van der Waals surface area contributed by atoms with Gasteiger partial charge in [0, 0.05) is 0 Å². The Morgan fingerprint density at radius 1 is 1.11 bits per heavy atom. The molecule has 0 aromatic heterocycles. The first kappa shape index (κ1) is 16.5. The SMILES string of the molecule is CCCCCCCCOC(=O)[C@@H](O)C1CCCCC1. The summed E-state index contributed by atoms with van der Waals surface area (Å²) in [6, 6.07) is 0. The van der Waals surface area contributed by atoms with Crippen LogP contribution in [0, 0.1) is 5.92 Å². The van der Waals surface area contributed by atoms with E-state index in [1.54, 1.807) is 0 Å². The van der Waals surface area contributed by atoms with Gasteiger partial charge in [-0.05, 0) is 25.2 Å². The minimum Gasteiger partial charge on any atom is -0.464 e. The molecule has 1 fully saturated rings. The second-order valence-corrected chi connectivity index (χ2v) is 5.78. The molecule has 1 aliphatic carbocycles. The fourth-order valence-electron chi connectivity index (χ4n) is 2.78. The summed E-state index contributed by atoms with van der Waals surface area (Å²) < 4.78 is 5.17. The van der Waals surface area contributed by atoms with E-state index in [-0.39, 0.29) is 5.92 Å². The topological polar surface area (TPSA) is 46.5 Å². The van der Waals surface area contributed by atoms with E-state index in [0.29, 0.717) is 6.61 Å². The number of unbranched alkanes of at least 4 members (excludes halogenated alkanes) is 5. The van der Waals surface area contributed by atoms with Crippen LogP contribution >= 0.6 is 0 Å². The van der Waals surface area contributed by atoms with Crippen molar-refractivity contribution in [2.45, 2.75) is 83.7 Å². The predicted molar refractivity (Wildman–Crippen MR) is 76.9 cm³/mol. The lowest BCUT2D eigenvalue weighted by Gasteiger charge is -2.25. The maximum Gasteiger partial charge on any atom is 0.335 e. The second kappa shape index (κ2) is 10.2. The summed E-state index contributed by atoms with van der Waals surface area (Å²) in [5, 5.41) is 9.94. The third kappa shape index (κ3) is 6.95. The molecule has 0 bridgehead atoms. The Kier molecular flexibility index (Phi) is 8.89. The van der Waals surface area contributed by atoms with Gasteiger partial charge in [-0.25, -0.2) is 4.79 Å². The first-order valence-corrected chi connectivity index (χ1v) is 8.10. The lowest BCUT2D eigenvalue weighted by molar-refractivity contribution is -0.157. The molecule has 0 heterocycles. The zero-order valence-electron chi connectivity index (χ0n) is 12.4. The first-order valence-electron chi connectivity index (χ1n) is 8.10. The van der Waals surface area contributed by atoms with Gasteiger partial charge in [-0.15, -0.1) is 0 Å². The minimum absolute atomic E-state index is 0.130. The van der Waals surface area contributed by atoms with Crippen LogP contribution in [0.25, 0.3) is 0 Å². The van der Waals surface area contributed by atoms with Crippen LogP contribution in [0.15, 0.2) is 0 Å². The Balaban J connectivity index is 2.03. The van der Waals surface area contributed by atoms with Crippen molar-refractivity contribution >= 4 is 5.97 Å². The molecule has 1 atom stereocenters. The first-order chi connectivity index (χ1) is 9.25. The van der Waals surface area contributed by atoms with Crippen molar-refractivity contribution in [2.24, 2.45) is 5.92 Å². The van der Waals surface area contributed by atoms with E-state index < -0.39 is 12.1 Å². The quantitative estimate of drug-likeness (QED) is 0.511. The molecule has 0 aromatic rings. The summed E-state index contributed by atoms with van der Waals surface area (Å²) in [6.45, 7) is 2.67. The maximum atomic E-state index is 11.7. The summed E-state index contributed by atoms with van der Waals surface area (Å²) in [6.07, 6.45) is 11.6. The van der Waals surface area contributed by atoms with Crippen molar-refractivity contribution in [2.75, 3.05) is 6.61 Å². The Hall–Kier alpha value is -0.570. The highest BCUT2D eigenvalue weighted by Crippen LogP contribution is 2.26. The van der Waals surface area contributed by atoms with Crippen LogP contribution in [-0.2, 0) is 9.53 Å². The lowest BCUT2D eigenvalue weighted by Crippen LogP contribution is -2.32. The number of ether oxygens (including phenoxy) is 1. The van der Waals surface area contributed by atoms with E-state index in [1.165, 1.54) is 32.1 Å². The molecule has 0 aliphatic heterocycles. The largest absolute Gasteiger partial charge is 0.464 e. The lowest BCUT2D eigenvalue weighted by atomic mass is 9.85. The van der Waals surface area contributed by atoms with Crippen molar-refractivity contribution in [1.29, 1.82) is 0 Å². The van der Waals surface area contributed by atoms with Gasteiger partial charge >= 0.3 is 5.97 Å². The van der Waals surface area contributed by atoms with E-state index >= 15 is 0 Å². The molecular weight excluding hydrogens is 240 g/mol. The number of rotatable bonds is 9. The standard InChI is InChI=1S/C16H30O3/c1-2-3-4-5-6-10-13-19-16(18)15(17)14-11-8-7-9-12-14/h14-15,17H,2-13H2,1H3/t15-/m0/s1. The predicted octanol–water partition coefficient (Wildman–Crippen LogP) is 3.83. The highest BCUT2D eigenvalue weighted by molar-refractivity contribution is 5.74. The fraction of sp³-hybridized carbons (Fsp3) is 0.938. The Bertz CT molecular complexity index is 234. The molecule has 19 heavy (non-hydrogen) atoms. The van der Waals surface area contributed by atoms with Crippen molar-refractivity contribution in [3.8, 4) is 0 Å². The van der Waals surface area contributed by atoms with Crippen LogP contribution in [0.5, 0.6) is 0 Å². The van der Waals surface area contributed by atoms with Gasteiger partial charge in [0.05, 0.1) is 6.61 Å². The Labute approximate surface area is 117 Å². The molecule has 0 saturated heterocycles. The summed E-state index contributed by atoms with van der Waals surface area (Å²) in [5.41, 5.74) is 0. The Morgan fingerprint density at radius 2 is 1.74 bits per heavy atom. The van der Waals surface area contributed by atoms with Crippen LogP contribution < -0.4 is 0 Å². The number of esters is 1. The molecule has 0 aromatic carbocycles. The number of aliphatic hydroxyl groups excluding tert-OH is 1. The monoisotopic (exact) mass is 270 g/mol. The number of aliphatic hydroxyl groups is 1. The van der Waals surface area contributed by atoms with Crippen molar-refractivity contribution in [3.05, 3.63) is 0 Å². The third-order valence-electron chi connectivity index (χ3n) is 4.08. The number of carbonyl (C=O) groups excluding carboxylic acids is 1. The van der Waals surface area contributed by atoms with Crippen molar-refractivity contribution in [3.63, 3.8) is 0 Å². The molecule has 0 unspecified atom stereocenters. The van der Waals surface area contributed by atoms with Gasteiger partial charge in [0.25, 0.3) is 0 Å². The molecule has 0 spiro atoms. The number of hydrogen-bond donors (Lipinski definition) is 1. The van der Waals surface area contributed by atoms with E-state index in [0.717, 1.165) is 38.5 Å². The molecule has 1 saturated carbocycles. The van der Waals surface area contributed by atoms with Crippen molar-refractivity contribution < 1.29 is 14.6 Å². The van der Waals surface area contributed by atoms with Crippen LogP contribution in [-0.4, -0.2) is 23.8 Å². The molecule has 3 heteroatoms. The molecule has 1 N–H and O–H groups in total. The van der Waals surface area contributed by atoms with E-state index in [9.17, 15) is 9.90 Å². The van der Waals surface area contributed by atoms with Crippen molar-refractivity contribution in [1.82, 2.24) is 0 Å². The fourth-order valence-corrected chi connectivity index (χ4v) is 2.78. The molecule has 1 aliphatic rings. The maximum absolute atomic E-state index is 11.7. The summed E-state index contributed by atoms with van der Waals surface area (Å²) >= 11 is 0. The molecule has 0 radical (unpaired) electrons. The smallest absolute Gasteiger partial charge is 0.335 e. The zero-order chi connectivity index (χ0) is 13.9. The summed E-state index contributed by atoms with van der Waals surface area (Å²) in [4.78, 5) is 11.7. The third-order valence-corrected chi connectivity index (χ3v) is 4.08. The normalized spacial score (nSPS) is 18.2. The van der Waals surface area contributed by atoms with Crippen LogP contribution in [0.4, 0.5) is 0 Å². The summed E-state index contributed by atoms with van der Waals surface area (Å²) in [5.74, 6) is -0.272. The molecular formula is C16H30O3. The van der Waals surface area contributed by atoms with Gasteiger partial charge in [0.2, 0.25) is 0 Å². The van der Waals surface area contributed by atoms with Gasteiger partial charge in [0.1, 0.15) is 0 Å². The second-order valence-electron chi connectivity index (χ2n) is 5.78. The Morgan fingerprint density at radius 3 is 2.42 bits per heavy atom. The van der Waals surface area contributed by atoms with Crippen LogP contribution in [0.1, 0.15) is 77.6 Å². The van der Waals surface area contributed by atoms with Gasteiger partial charge in [-0.1, -0.05) is 58.3 Å². The van der Waals surface area contributed by atoms with E-state index in [4.69, 9.17) is 4.74 Å². The number of carbonyl (C=O) groups is 1. The van der Waals surface area contributed by atoms with E-state index in [1.807, 2.05) is 0 Å². The molecule has 0 amide bonds. The van der Waals surface area contributed by atoms with Gasteiger partial charge in [-0.2, -0.15) is 0 Å².